The first kappa shape index (κ1) is 32.1. The number of hydrogen-bond donors (Lipinski definition) is 4. The first-order valence-corrected chi connectivity index (χ1v) is 14.0. The summed E-state index contributed by atoms with van der Waals surface area (Å²) in [7, 11) is 1.85. The molecule has 3 amide bonds. The lowest BCUT2D eigenvalue weighted by Crippen LogP contribution is -2.35. The van der Waals surface area contributed by atoms with Gasteiger partial charge in [0.25, 0.3) is 5.91 Å². The third kappa shape index (κ3) is 6.25. The molecule has 2 aromatic carbocycles. The molecule has 14 heteroatoms. The van der Waals surface area contributed by atoms with Gasteiger partial charge in [0, 0.05) is 48.8 Å². The van der Waals surface area contributed by atoms with Crippen LogP contribution in [0.2, 0.25) is 0 Å². The Kier molecular flexibility index (Phi) is 8.51. The molecule has 0 radical (unpaired) electrons. The van der Waals surface area contributed by atoms with E-state index >= 15 is 0 Å². The smallest absolute Gasteiger partial charge is 0.368 e. The Hall–Kier alpha value is -5.35. The number of nitrogens with one attached hydrogen (secondary N) is 3. The zero-order valence-corrected chi connectivity index (χ0v) is 25.1. The molecule has 0 bridgehead atoms. The van der Waals surface area contributed by atoms with E-state index in [2.05, 4.69) is 37.8 Å². The molecule has 1 fully saturated rings. The molecule has 0 saturated heterocycles. The average molecular weight is 650 g/mol. The summed E-state index contributed by atoms with van der Waals surface area (Å²) >= 11 is 0. The van der Waals surface area contributed by atoms with Crippen molar-refractivity contribution in [3.05, 3.63) is 88.7 Å². The number of carbonyl (C=O) groups is 3. The van der Waals surface area contributed by atoms with Crippen molar-refractivity contribution in [2.75, 3.05) is 22.9 Å². The van der Waals surface area contributed by atoms with Gasteiger partial charge in [-0.3, -0.25) is 14.4 Å². The van der Waals surface area contributed by atoms with Crippen molar-refractivity contribution >= 4 is 47.5 Å². The number of benzene rings is 2. The summed E-state index contributed by atoms with van der Waals surface area (Å²) in [6, 6.07) is 12.5. The number of rotatable bonds is 5. The summed E-state index contributed by atoms with van der Waals surface area (Å²) in [6.45, 7) is 0.541. The van der Waals surface area contributed by atoms with Gasteiger partial charge in [0.2, 0.25) is 17.8 Å². The van der Waals surface area contributed by atoms with Crippen molar-refractivity contribution in [3.63, 3.8) is 0 Å². The fourth-order valence-corrected chi connectivity index (χ4v) is 5.18. The maximum atomic E-state index is 13.2. The predicted octanol–water partition coefficient (Wildman–Crippen LogP) is 4.55. The van der Waals surface area contributed by atoms with Crippen LogP contribution in [0.3, 0.4) is 0 Å². The molecule has 3 heterocycles. The van der Waals surface area contributed by atoms with Crippen molar-refractivity contribution in [2.45, 2.75) is 25.4 Å². The molecule has 236 valence electrons. The van der Waals surface area contributed by atoms with Crippen LogP contribution in [0.5, 0.6) is 0 Å². The molecule has 10 nitrogen and oxygen atoms in total. The standard InChI is InChI=1S/C32H26F3N7O3.ClH/c1-42-24-11-14-37-27(43)23(24)16-25(42)26-19(17-38-30(36)41-26)6-5-18-3-2-4-22(15-18)40-29(45)31(12-13-31)28(44)39-21-9-7-20(8-10-21)32(33,34)35;/h2-4,7-10,15-17H,11-14H2,1H3,(H,37,43)(H,39,44)(H,40,45)(H2,36,38,41);1H. The highest BCUT2D eigenvalue weighted by molar-refractivity contribution is 6.17. The topological polar surface area (TPSA) is 144 Å². The molecule has 0 atom stereocenters. The quantitative estimate of drug-likeness (QED) is 0.185. The van der Waals surface area contributed by atoms with Crippen molar-refractivity contribution in [1.29, 1.82) is 0 Å². The normalized spacial score (nSPS) is 14.5. The van der Waals surface area contributed by atoms with Gasteiger partial charge in [-0.2, -0.15) is 13.2 Å². The van der Waals surface area contributed by atoms with Gasteiger partial charge in [-0.25, -0.2) is 9.97 Å². The van der Waals surface area contributed by atoms with Crippen LogP contribution >= 0.6 is 12.4 Å². The van der Waals surface area contributed by atoms with E-state index in [9.17, 15) is 27.6 Å². The Morgan fingerprint density at radius 3 is 2.37 bits per heavy atom. The van der Waals surface area contributed by atoms with Crippen LogP contribution in [0.25, 0.3) is 11.4 Å². The van der Waals surface area contributed by atoms with Gasteiger partial charge >= 0.3 is 6.18 Å². The molecule has 0 spiro atoms. The van der Waals surface area contributed by atoms with Crippen LogP contribution in [0.1, 0.15) is 45.6 Å². The minimum absolute atomic E-state index is 0. The maximum Gasteiger partial charge on any atom is 0.416 e. The highest BCUT2D eigenvalue weighted by Gasteiger charge is 2.56. The largest absolute Gasteiger partial charge is 0.416 e. The lowest BCUT2D eigenvalue weighted by atomic mass is 10.0. The highest BCUT2D eigenvalue weighted by atomic mass is 35.5. The molecule has 1 aliphatic heterocycles. The number of nitrogens with zero attached hydrogens (tertiary/aromatic N) is 3. The molecular weight excluding hydrogens is 623 g/mol. The van der Waals surface area contributed by atoms with Crippen LogP contribution in [-0.4, -0.2) is 38.8 Å². The van der Waals surface area contributed by atoms with E-state index in [1.54, 1.807) is 30.3 Å². The Morgan fingerprint density at radius 1 is 1.02 bits per heavy atom. The number of amides is 3. The van der Waals surface area contributed by atoms with E-state index in [-0.39, 0.29) is 29.9 Å². The number of hydrogen-bond acceptors (Lipinski definition) is 6. The molecule has 5 N–H and O–H groups in total. The molecule has 1 aliphatic carbocycles. The van der Waals surface area contributed by atoms with Crippen LogP contribution in [0, 0.1) is 17.3 Å². The van der Waals surface area contributed by atoms with Gasteiger partial charge < -0.3 is 26.3 Å². The molecule has 6 rings (SSSR count). The lowest BCUT2D eigenvalue weighted by Gasteiger charge is -2.16. The van der Waals surface area contributed by atoms with Gasteiger partial charge in [-0.05, 0) is 61.4 Å². The third-order valence-electron chi connectivity index (χ3n) is 7.85. The van der Waals surface area contributed by atoms with E-state index in [1.807, 2.05) is 11.6 Å². The third-order valence-corrected chi connectivity index (χ3v) is 7.85. The van der Waals surface area contributed by atoms with Gasteiger partial charge in [-0.1, -0.05) is 17.9 Å². The van der Waals surface area contributed by atoms with E-state index < -0.39 is 29.0 Å². The zero-order valence-electron chi connectivity index (χ0n) is 24.3. The van der Waals surface area contributed by atoms with Crippen LogP contribution in [0.15, 0.2) is 60.8 Å². The Morgan fingerprint density at radius 2 is 1.72 bits per heavy atom. The second kappa shape index (κ2) is 12.2. The number of nitrogen functional groups attached to an aromatic ring is 1. The number of alkyl halides is 3. The summed E-state index contributed by atoms with van der Waals surface area (Å²) in [4.78, 5) is 47.0. The first-order valence-electron chi connectivity index (χ1n) is 14.0. The molecule has 1 saturated carbocycles. The van der Waals surface area contributed by atoms with E-state index in [4.69, 9.17) is 5.73 Å². The predicted molar refractivity (Wildman–Crippen MR) is 167 cm³/mol. The number of nitrogens with two attached hydrogens (primary N) is 1. The molecule has 2 aromatic heterocycles. The zero-order chi connectivity index (χ0) is 31.9. The van der Waals surface area contributed by atoms with Gasteiger partial charge in [0.15, 0.2) is 0 Å². The fourth-order valence-electron chi connectivity index (χ4n) is 5.18. The summed E-state index contributed by atoms with van der Waals surface area (Å²) in [5, 5.41) is 8.15. The fraction of sp³-hybridized carbons (Fsp3) is 0.219. The monoisotopic (exact) mass is 649 g/mol. The number of halogens is 4. The Balaban J connectivity index is 0.00000417. The Labute approximate surface area is 267 Å². The van der Waals surface area contributed by atoms with Crippen LogP contribution in [0.4, 0.5) is 30.5 Å². The Bertz CT molecular complexity index is 1920. The van der Waals surface area contributed by atoms with Gasteiger partial charge in [-0.15, -0.1) is 12.4 Å². The maximum absolute atomic E-state index is 13.2. The van der Waals surface area contributed by atoms with Crippen molar-refractivity contribution in [1.82, 2.24) is 19.9 Å². The molecule has 0 unspecified atom stereocenters. The SMILES string of the molecule is Cl.Cn1c(-c2nc(N)ncc2C#Cc2cccc(NC(=O)C3(C(=O)Nc4ccc(C(F)(F)F)cc4)CC3)c2)cc2c1CCNC2=O. The number of carbonyl (C=O) groups excluding carboxylic acids is 3. The number of fused-ring (bicyclic) bond motifs is 1. The number of anilines is 3. The second-order valence-corrected chi connectivity index (χ2v) is 10.8. The van der Waals surface area contributed by atoms with E-state index in [1.165, 1.54) is 6.20 Å². The second-order valence-electron chi connectivity index (χ2n) is 10.8. The first-order chi connectivity index (χ1) is 21.4. The number of aromatic nitrogens is 3. The molecule has 4 aromatic rings. The van der Waals surface area contributed by atoms with E-state index in [0.29, 0.717) is 59.6 Å². The summed E-state index contributed by atoms with van der Waals surface area (Å²) in [5.74, 6) is 4.90. The summed E-state index contributed by atoms with van der Waals surface area (Å²) < 4.78 is 40.5. The molecule has 46 heavy (non-hydrogen) atoms. The van der Waals surface area contributed by atoms with E-state index in [0.717, 1.165) is 30.0 Å². The van der Waals surface area contributed by atoms with Crippen LogP contribution in [-0.2, 0) is 29.2 Å². The summed E-state index contributed by atoms with van der Waals surface area (Å²) in [6.07, 6.45) is -1.71. The van der Waals surface area contributed by atoms with Crippen molar-refractivity contribution < 1.29 is 27.6 Å². The minimum atomic E-state index is -4.50. The molecular formula is C32H27ClF3N7O3. The van der Waals surface area contributed by atoms with Crippen molar-refractivity contribution in [3.8, 4) is 23.2 Å². The van der Waals surface area contributed by atoms with Gasteiger partial charge in [0.1, 0.15) is 11.1 Å². The van der Waals surface area contributed by atoms with Gasteiger partial charge in [0.05, 0.1) is 22.4 Å². The average Bonchev–Trinajstić information content (AvgIpc) is 3.76. The van der Waals surface area contributed by atoms with Crippen molar-refractivity contribution in [2.24, 2.45) is 12.5 Å². The summed E-state index contributed by atoms with van der Waals surface area (Å²) in [5.41, 5.74) is 7.93. The highest BCUT2D eigenvalue weighted by Crippen LogP contribution is 2.47. The minimum Gasteiger partial charge on any atom is -0.368 e. The molecule has 2 aliphatic rings. The lowest BCUT2D eigenvalue weighted by molar-refractivity contribution is -0.137. The van der Waals surface area contributed by atoms with Crippen LogP contribution < -0.4 is 21.7 Å².